The molecule has 2 unspecified atom stereocenters. The fraction of sp³-hybridized carbons (Fsp3) is 0.533. The number of ketones is 1. The van der Waals surface area contributed by atoms with E-state index < -0.39 is 0 Å². The van der Waals surface area contributed by atoms with Crippen molar-refractivity contribution in [2.24, 2.45) is 5.92 Å². The number of benzene rings is 1. The van der Waals surface area contributed by atoms with Gasteiger partial charge in [-0.3, -0.25) is 9.69 Å². The van der Waals surface area contributed by atoms with Crippen LogP contribution in [0.3, 0.4) is 0 Å². The van der Waals surface area contributed by atoms with E-state index in [1.54, 1.807) is 6.07 Å². The first kappa shape index (κ1) is 12.5. The minimum Gasteiger partial charge on any atom is -0.454 e. The fourth-order valence-electron chi connectivity index (χ4n) is 2.78. The number of Topliss-reactive ketones (excluding diaryl/α,β-unsaturated/α-hetero) is 1. The lowest BCUT2D eigenvalue weighted by atomic mass is 10.0. The van der Waals surface area contributed by atoms with E-state index >= 15 is 0 Å². The summed E-state index contributed by atoms with van der Waals surface area (Å²) >= 11 is 0. The average molecular weight is 261 g/mol. The molecule has 1 aromatic rings. The third-order valence-electron chi connectivity index (χ3n) is 4.04. The minimum atomic E-state index is -0.0645. The molecule has 3 rings (SSSR count). The van der Waals surface area contributed by atoms with Crippen molar-refractivity contribution in [3.05, 3.63) is 23.8 Å². The van der Waals surface area contributed by atoms with Crippen LogP contribution in [0.15, 0.2) is 18.2 Å². The number of hydrogen-bond donors (Lipinski definition) is 0. The van der Waals surface area contributed by atoms with Gasteiger partial charge in [-0.2, -0.15) is 0 Å². The van der Waals surface area contributed by atoms with Gasteiger partial charge in [0.1, 0.15) is 0 Å². The molecule has 1 aromatic carbocycles. The van der Waals surface area contributed by atoms with Crippen LogP contribution in [0.25, 0.3) is 0 Å². The van der Waals surface area contributed by atoms with Gasteiger partial charge in [-0.25, -0.2) is 0 Å². The summed E-state index contributed by atoms with van der Waals surface area (Å²) in [5, 5.41) is 0. The second-order valence-corrected chi connectivity index (χ2v) is 5.50. The van der Waals surface area contributed by atoms with Gasteiger partial charge in [0.05, 0.1) is 6.04 Å². The molecule has 0 aliphatic carbocycles. The van der Waals surface area contributed by atoms with Crippen molar-refractivity contribution in [3.63, 3.8) is 0 Å². The topological polar surface area (TPSA) is 38.8 Å². The number of carbonyl (C=O) groups excluding carboxylic acids is 1. The molecule has 0 spiro atoms. The molecule has 1 saturated heterocycles. The van der Waals surface area contributed by atoms with E-state index in [4.69, 9.17) is 9.47 Å². The highest BCUT2D eigenvalue weighted by Gasteiger charge is 2.28. The van der Waals surface area contributed by atoms with Gasteiger partial charge in [0.2, 0.25) is 6.79 Å². The molecule has 2 aliphatic heterocycles. The summed E-state index contributed by atoms with van der Waals surface area (Å²) in [6, 6.07) is 5.37. The Kier molecular flexibility index (Phi) is 3.19. The summed E-state index contributed by atoms with van der Waals surface area (Å²) in [5.41, 5.74) is 0.705. The van der Waals surface area contributed by atoms with Gasteiger partial charge in [-0.05, 0) is 44.0 Å². The summed E-state index contributed by atoms with van der Waals surface area (Å²) < 4.78 is 10.6. The van der Waals surface area contributed by atoms with Crippen LogP contribution in [0.2, 0.25) is 0 Å². The first-order valence-corrected chi connectivity index (χ1v) is 6.83. The smallest absolute Gasteiger partial charge is 0.231 e. The quantitative estimate of drug-likeness (QED) is 0.783. The normalized spacial score (nSPS) is 23.6. The van der Waals surface area contributed by atoms with Gasteiger partial charge in [-0.1, -0.05) is 6.92 Å². The Morgan fingerprint density at radius 1 is 1.37 bits per heavy atom. The predicted octanol–water partition coefficient (Wildman–Crippen LogP) is 2.33. The Hall–Kier alpha value is -1.55. The number of ether oxygens (including phenoxy) is 2. The Bertz CT molecular complexity index is 500. The van der Waals surface area contributed by atoms with Crippen LogP contribution in [0.4, 0.5) is 0 Å². The van der Waals surface area contributed by atoms with E-state index in [-0.39, 0.29) is 18.6 Å². The van der Waals surface area contributed by atoms with E-state index in [2.05, 4.69) is 11.8 Å². The number of carbonyl (C=O) groups is 1. The van der Waals surface area contributed by atoms with E-state index in [0.29, 0.717) is 17.2 Å². The zero-order valence-electron chi connectivity index (χ0n) is 11.4. The van der Waals surface area contributed by atoms with Crippen LogP contribution in [0.1, 0.15) is 30.6 Å². The highest BCUT2D eigenvalue weighted by Crippen LogP contribution is 2.33. The van der Waals surface area contributed by atoms with Crippen molar-refractivity contribution in [3.8, 4) is 11.5 Å². The lowest BCUT2D eigenvalue weighted by Crippen LogP contribution is -2.37. The Balaban J connectivity index is 1.76. The molecule has 19 heavy (non-hydrogen) atoms. The molecule has 0 aromatic heterocycles. The van der Waals surface area contributed by atoms with Crippen LogP contribution < -0.4 is 9.47 Å². The number of nitrogens with zero attached hydrogens (tertiary/aromatic N) is 1. The maximum Gasteiger partial charge on any atom is 0.231 e. The molecule has 2 aliphatic rings. The van der Waals surface area contributed by atoms with Crippen LogP contribution >= 0.6 is 0 Å². The molecule has 2 heterocycles. The molecule has 0 saturated carbocycles. The molecule has 102 valence electrons. The maximum atomic E-state index is 12.5. The lowest BCUT2D eigenvalue weighted by Gasteiger charge is -2.22. The number of likely N-dealkylation sites (tertiary alicyclic amines) is 1. The first-order valence-electron chi connectivity index (χ1n) is 6.83. The molecule has 0 amide bonds. The van der Waals surface area contributed by atoms with Crippen LogP contribution in [-0.2, 0) is 0 Å². The van der Waals surface area contributed by atoms with Gasteiger partial charge in [0, 0.05) is 12.1 Å². The van der Waals surface area contributed by atoms with Crippen molar-refractivity contribution in [2.45, 2.75) is 26.3 Å². The standard InChI is InChI=1S/C15H19NO3/c1-10-5-6-16(8-10)11(2)15(17)12-3-4-13-14(7-12)19-9-18-13/h3-4,7,10-11H,5-6,8-9H2,1-2H3. The third-order valence-corrected chi connectivity index (χ3v) is 4.04. The summed E-state index contributed by atoms with van der Waals surface area (Å²) in [7, 11) is 0. The average Bonchev–Trinajstić information content (AvgIpc) is 3.04. The lowest BCUT2D eigenvalue weighted by molar-refractivity contribution is 0.0863. The third kappa shape index (κ3) is 2.32. The van der Waals surface area contributed by atoms with Gasteiger partial charge in [0.15, 0.2) is 17.3 Å². The van der Waals surface area contributed by atoms with Crippen molar-refractivity contribution in [1.82, 2.24) is 4.90 Å². The van der Waals surface area contributed by atoms with Crippen molar-refractivity contribution in [1.29, 1.82) is 0 Å². The number of fused-ring (bicyclic) bond motifs is 1. The molecular weight excluding hydrogens is 242 g/mol. The second-order valence-electron chi connectivity index (χ2n) is 5.50. The molecule has 0 N–H and O–H groups in total. The molecule has 0 radical (unpaired) electrons. The molecule has 2 atom stereocenters. The van der Waals surface area contributed by atoms with E-state index in [1.165, 1.54) is 6.42 Å². The number of hydrogen-bond acceptors (Lipinski definition) is 4. The van der Waals surface area contributed by atoms with E-state index in [1.807, 2.05) is 19.1 Å². The summed E-state index contributed by atoms with van der Waals surface area (Å²) in [4.78, 5) is 14.8. The largest absolute Gasteiger partial charge is 0.454 e. The minimum absolute atomic E-state index is 0.0645. The first-order chi connectivity index (χ1) is 9.15. The zero-order valence-corrected chi connectivity index (χ0v) is 11.4. The van der Waals surface area contributed by atoms with Gasteiger partial charge >= 0.3 is 0 Å². The monoisotopic (exact) mass is 261 g/mol. The maximum absolute atomic E-state index is 12.5. The highest BCUT2D eigenvalue weighted by atomic mass is 16.7. The SMILES string of the molecule is CC1CCN(C(C)C(=O)c2ccc3c(c2)OCO3)C1. The summed E-state index contributed by atoms with van der Waals surface area (Å²) in [6.07, 6.45) is 1.18. The van der Waals surface area contributed by atoms with Crippen molar-refractivity contribution >= 4 is 5.78 Å². The van der Waals surface area contributed by atoms with E-state index in [0.717, 1.165) is 18.8 Å². The van der Waals surface area contributed by atoms with Gasteiger partial charge in [0.25, 0.3) is 0 Å². The van der Waals surface area contributed by atoms with Crippen LogP contribution in [0.5, 0.6) is 11.5 Å². The molecule has 0 bridgehead atoms. The van der Waals surface area contributed by atoms with Crippen LogP contribution in [0, 0.1) is 5.92 Å². The second kappa shape index (κ2) is 4.85. The van der Waals surface area contributed by atoms with Gasteiger partial charge in [-0.15, -0.1) is 0 Å². The van der Waals surface area contributed by atoms with Crippen molar-refractivity contribution < 1.29 is 14.3 Å². The summed E-state index contributed by atoms with van der Waals surface area (Å²) in [6.45, 7) is 6.49. The Labute approximate surface area is 113 Å². The Morgan fingerprint density at radius 3 is 2.89 bits per heavy atom. The van der Waals surface area contributed by atoms with E-state index in [9.17, 15) is 4.79 Å². The number of rotatable bonds is 3. The highest BCUT2D eigenvalue weighted by molar-refractivity contribution is 6.00. The Morgan fingerprint density at radius 2 is 2.16 bits per heavy atom. The molecule has 4 nitrogen and oxygen atoms in total. The van der Waals surface area contributed by atoms with Crippen LogP contribution in [-0.4, -0.2) is 36.6 Å². The van der Waals surface area contributed by atoms with Crippen molar-refractivity contribution in [2.75, 3.05) is 19.9 Å². The van der Waals surface area contributed by atoms with Gasteiger partial charge < -0.3 is 9.47 Å². The summed E-state index contributed by atoms with van der Waals surface area (Å²) in [5.74, 6) is 2.24. The molecule has 4 heteroatoms. The fourth-order valence-corrected chi connectivity index (χ4v) is 2.78. The predicted molar refractivity (Wildman–Crippen MR) is 71.7 cm³/mol. The molecular formula is C15H19NO3. The zero-order chi connectivity index (χ0) is 13.4. The molecule has 1 fully saturated rings.